The van der Waals surface area contributed by atoms with Gasteiger partial charge in [0, 0.05) is 5.92 Å². The zero-order valence-corrected chi connectivity index (χ0v) is 17.0. The maximum Gasteiger partial charge on any atom is 0.133 e. The number of ketones is 1. The molecule has 0 bridgehead atoms. The van der Waals surface area contributed by atoms with Crippen LogP contribution >= 0.6 is 0 Å². The van der Waals surface area contributed by atoms with Crippen molar-refractivity contribution < 1.29 is 9.90 Å². The average molecular weight is 359 g/mol. The van der Waals surface area contributed by atoms with Gasteiger partial charge in [-0.2, -0.15) is 0 Å². The van der Waals surface area contributed by atoms with Gasteiger partial charge >= 0.3 is 0 Å². The van der Waals surface area contributed by atoms with Crippen molar-refractivity contribution in [2.45, 2.75) is 90.6 Å². The molecule has 5 rings (SSSR count). The molecule has 146 valence electrons. The maximum absolute atomic E-state index is 12.7. The van der Waals surface area contributed by atoms with Gasteiger partial charge in [0.05, 0.1) is 5.60 Å². The monoisotopic (exact) mass is 358 g/mol. The van der Waals surface area contributed by atoms with E-state index in [1.165, 1.54) is 51.4 Å². The van der Waals surface area contributed by atoms with Gasteiger partial charge in [-0.15, -0.1) is 0 Å². The Morgan fingerprint density at radius 1 is 0.846 bits per heavy atom. The number of fused-ring (bicyclic) bond motifs is 7. The Hall–Kier alpha value is -0.370. The Kier molecular flexibility index (Phi) is 3.96. The van der Waals surface area contributed by atoms with Crippen LogP contribution in [-0.4, -0.2) is 16.5 Å². The third-order valence-corrected chi connectivity index (χ3v) is 10.2. The molecular weight excluding hydrogens is 320 g/mol. The van der Waals surface area contributed by atoms with Gasteiger partial charge in [0.1, 0.15) is 5.78 Å². The maximum atomic E-state index is 12.7. The fourth-order valence-electron chi connectivity index (χ4n) is 9.66. The first-order chi connectivity index (χ1) is 12.3. The normalized spacial score (nSPS) is 58.5. The first-order valence-corrected chi connectivity index (χ1v) is 11.5. The van der Waals surface area contributed by atoms with E-state index < -0.39 is 5.60 Å². The van der Waals surface area contributed by atoms with Gasteiger partial charge in [0.2, 0.25) is 0 Å². The fourth-order valence-corrected chi connectivity index (χ4v) is 9.66. The van der Waals surface area contributed by atoms with Crippen molar-refractivity contribution in [1.82, 2.24) is 0 Å². The number of carbonyl (C=O) groups excluding carboxylic acids is 1. The molecule has 10 atom stereocenters. The molecule has 5 saturated carbocycles. The minimum absolute atomic E-state index is 0.287. The molecule has 0 radical (unpaired) electrons. The van der Waals surface area contributed by atoms with Gasteiger partial charge in [-0.1, -0.05) is 13.3 Å². The SMILES string of the molecule is CC(=O)[C@H]1[C@H]2CCC[C@H]2C2C3CCC4C[C@](C)(O)CC[C@@H]4[C@H]3CC[C@@]21C. The minimum Gasteiger partial charge on any atom is -0.390 e. The second-order valence-corrected chi connectivity index (χ2v) is 11.5. The van der Waals surface area contributed by atoms with Crippen molar-refractivity contribution in [3.63, 3.8) is 0 Å². The third-order valence-electron chi connectivity index (χ3n) is 10.2. The van der Waals surface area contributed by atoms with E-state index in [4.69, 9.17) is 0 Å². The molecule has 2 nitrogen and oxygen atoms in total. The Bertz CT molecular complexity index is 595. The zero-order valence-electron chi connectivity index (χ0n) is 17.0. The van der Waals surface area contributed by atoms with E-state index in [2.05, 4.69) is 13.8 Å². The van der Waals surface area contributed by atoms with Gasteiger partial charge in [-0.05, 0) is 118 Å². The van der Waals surface area contributed by atoms with Gasteiger partial charge < -0.3 is 5.11 Å². The Balaban J connectivity index is 1.46. The molecule has 0 aromatic rings. The van der Waals surface area contributed by atoms with Crippen molar-refractivity contribution in [1.29, 1.82) is 0 Å². The van der Waals surface area contributed by atoms with Gasteiger partial charge in [0.25, 0.3) is 0 Å². The summed E-state index contributed by atoms with van der Waals surface area (Å²) in [7, 11) is 0. The van der Waals surface area contributed by atoms with Crippen LogP contribution in [0.4, 0.5) is 0 Å². The lowest BCUT2D eigenvalue weighted by Crippen LogP contribution is -2.51. The smallest absolute Gasteiger partial charge is 0.133 e. The summed E-state index contributed by atoms with van der Waals surface area (Å²) in [5.74, 6) is 6.56. The van der Waals surface area contributed by atoms with E-state index in [-0.39, 0.29) is 5.41 Å². The summed E-state index contributed by atoms with van der Waals surface area (Å²) >= 11 is 0. The van der Waals surface area contributed by atoms with Gasteiger partial charge in [0.15, 0.2) is 0 Å². The van der Waals surface area contributed by atoms with E-state index in [9.17, 15) is 9.90 Å². The van der Waals surface area contributed by atoms with E-state index >= 15 is 0 Å². The molecule has 0 aliphatic heterocycles. The molecule has 0 spiro atoms. The molecule has 5 aliphatic rings. The number of hydrogen-bond donors (Lipinski definition) is 1. The first kappa shape index (κ1) is 17.7. The first-order valence-electron chi connectivity index (χ1n) is 11.5. The molecule has 0 aromatic carbocycles. The lowest BCUT2D eigenvalue weighted by Gasteiger charge is -2.57. The van der Waals surface area contributed by atoms with E-state index in [0.717, 1.165) is 48.3 Å². The standard InChI is InChI=1S/C24H38O2/c1-14(25)21-18-5-4-6-19(18)22-20-8-7-15-13-23(2,26)11-9-16(15)17(20)10-12-24(21,22)3/h15-22,26H,4-13H2,1-3H3/t15?,16-,17+,18-,19+,20?,21-,22?,23+,24+/m0/s1. The molecule has 3 unspecified atom stereocenters. The number of carbonyl (C=O) groups is 1. The van der Waals surface area contributed by atoms with Crippen molar-refractivity contribution >= 4 is 5.78 Å². The quantitative estimate of drug-likeness (QED) is 0.697. The predicted molar refractivity (Wildman–Crippen MR) is 104 cm³/mol. The van der Waals surface area contributed by atoms with Crippen molar-refractivity contribution in [3.8, 4) is 0 Å². The van der Waals surface area contributed by atoms with Crippen LogP contribution in [0, 0.1) is 52.8 Å². The molecule has 0 saturated heterocycles. The lowest BCUT2D eigenvalue weighted by molar-refractivity contribution is -0.132. The molecule has 1 N–H and O–H groups in total. The van der Waals surface area contributed by atoms with Crippen LogP contribution < -0.4 is 0 Å². The Labute approximate surface area is 159 Å². The number of aliphatic hydroxyl groups is 1. The summed E-state index contributed by atoms with van der Waals surface area (Å²) in [6, 6.07) is 0. The third kappa shape index (κ3) is 2.36. The van der Waals surface area contributed by atoms with Crippen LogP contribution in [0.1, 0.15) is 85.0 Å². The Morgan fingerprint density at radius 2 is 1.54 bits per heavy atom. The molecule has 5 aliphatic carbocycles. The molecule has 0 heterocycles. The molecule has 0 amide bonds. The van der Waals surface area contributed by atoms with Crippen molar-refractivity contribution in [2.24, 2.45) is 52.8 Å². The van der Waals surface area contributed by atoms with E-state index in [0.29, 0.717) is 17.6 Å². The predicted octanol–water partition coefficient (Wildman–Crippen LogP) is 5.23. The summed E-state index contributed by atoms with van der Waals surface area (Å²) in [6.45, 7) is 6.46. The lowest BCUT2D eigenvalue weighted by atomic mass is 9.48. The summed E-state index contributed by atoms with van der Waals surface area (Å²) in [4.78, 5) is 12.7. The topological polar surface area (TPSA) is 37.3 Å². The highest BCUT2D eigenvalue weighted by atomic mass is 16.3. The highest BCUT2D eigenvalue weighted by molar-refractivity contribution is 5.80. The van der Waals surface area contributed by atoms with Crippen LogP contribution in [0.15, 0.2) is 0 Å². The highest BCUT2D eigenvalue weighted by Gasteiger charge is 2.65. The van der Waals surface area contributed by atoms with E-state index in [1.54, 1.807) is 0 Å². The van der Waals surface area contributed by atoms with Gasteiger partial charge in [-0.25, -0.2) is 0 Å². The minimum atomic E-state index is -0.416. The van der Waals surface area contributed by atoms with Crippen molar-refractivity contribution in [2.75, 3.05) is 0 Å². The van der Waals surface area contributed by atoms with E-state index in [1.807, 2.05) is 6.92 Å². The summed E-state index contributed by atoms with van der Waals surface area (Å²) in [6.07, 6.45) is 12.7. The highest BCUT2D eigenvalue weighted by Crippen LogP contribution is 2.70. The largest absolute Gasteiger partial charge is 0.390 e. The molecule has 26 heavy (non-hydrogen) atoms. The number of hydrogen-bond acceptors (Lipinski definition) is 2. The van der Waals surface area contributed by atoms with Crippen LogP contribution in [0.5, 0.6) is 0 Å². The second kappa shape index (κ2) is 5.82. The number of Topliss-reactive ketones (excluding diaryl/α,β-unsaturated/α-hetero) is 1. The number of rotatable bonds is 1. The average Bonchev–Trinajstić information content (AvgIpc) is 3.10. The molecular formula is C24H38O2. The molecule has 0 aromatic heterocycles. The van der Waals surface area contributed by atoms with Crippen LogP contribution in [-0.2, 0) is 4.79 Å². The summed E-state index contributed by atoms with van der Waals surface area (Å²) in [5.41, 5.74) is -0.128. The summed E-state index contributed by atoms with van der Waals surface area (Å²) in [5, 5.41) is 10.6. The van der Waals surface area contributed by atoms with Crippen LogP contribution in [0.2, 0.25) is 0 Å². The summed E-state index contributed by atoms with van der Waals surface area (Å²) < 4.78 is 0. The molecule has 2 heteroatoms. The van der Waals surface area contributed by atoms with Crippen LogP contribution in [0.25, 0.3) is 0 Å². The Morgan fingerprint density at radius 3 is 2.31 bits per heavy atom. The van der Waals surface area contributed by atoms with Crippen molar-refractivity contribution in [3.05, 3.63) is 0 Å². The fraction of sp³-hybridized carbons (Fsp3) is 0.958. The van der Waals surface area contributed by atoms with Crippen LogP contribution in [0.3, 0.4) is 0 Å². The van der Waals surface area contributed by atoms with Gasteiger partial charge in [-0.3, -0.25) is 4.79 Å². The molecule has 5 fully saturated rings. The zero-order chi connectivity index (χ0) is 18.3. The second-order valence-electron chi connectivity index (χ2n) is 11.5.